The summed E-state index contributed by atoms with van der Waals surface area (Å²) >= 11 is 0. The summed E-state index contributed by atoms with van der Waals surface area (Å²) in [5, 5.41) is 5.18. The van der Waals surface area contributed by atoms with Gasteiger partial charge in [0.1, 0.15) is 0 Å². The van der Waals surface area contributed by atoms with E-state index in [1.165, 1.54) is 0 Å². The Kier molecular flexibility index (Phi) is 10.8. The molecule has 0 spiro atoms. The molecule has 0 aliphatic carbocycles. The zero-order valence-electron chi connectivity index (χ0n) is 12.3. The van der Waals surface area contributed by atoms with Crippen molar-refractivity contribution in [1.29, 1.82) is 0 Å². The van der Waals surface area contributed by atoms with Gasteiger partial charge in [0, 0.05) is 6.20 Å². The van der Waals surface area contributed by atoms with Gasteiger partial charge >= 0.3 is 0 Å². The first-order valence-corrected chi connectivity index (χ1v) is 6.16. The lowest BCUT2D eigenvalue weighted by molar-refractivity contribution is -0.125. The van der Waals surface area contributed by atoms with E-state index in [9.17, 15) is 9.59 Å². The van der Waals surface area contributed by atoms with E-state index >= 15 is 0 Å². The van der Waals surface area contributed by atoms with Crippen LogP contribution in [0.5, 0.6) is 0 Å². The molecule has 1 atom stereocenters. The number of nitrogens with two attached hydrogens (primary N) is 1. The molecule has 8 heteroatoms. The number of anilines is 1. The second-order valence-electron chi connectivity index (χ2n) is 4.67. The molecule has 4 N–H and O–H groups in total. The summed E-state index contributed by atoms with van der Waals surface area (Å²) in [6.07, 6.45) is 1.65. The summed E-state index contributed by atoms with van der Waals surface area (Å²) in [4.78, 5) is 27.3. The normalized spacial score (nSPS) is 10.9. The molecule has 1 rings (SSSR count). The van der Waals surface area contributed by atoms with Crippen LogP contribution in [-0.2, 0) is 9.59 Å². The zero-order valence-corrected chi connectivity index (χ0v) is 13.9. The van der Waals surface area contributed by atoms with Gasteiger partial charge in [0.2, 0.25) is 11.8 Å². The summed E-state index contributed by atoms with van der Waals surface area (Å²) in [6, 6.07) is 2.88. The third-order valence-corrected chi connectivity index (χ3v) is 2.73. The van der Waals surface area contributed by atoms with Gasteiger partial charge in [-0.1, -0.05) is 13.8 Å². The molecule has 0 aromatic carbocycles. The van der Waals surface area contributed by atoms with Crippen molar-refractivity contribution < 1.29 is 9.59 Å². The average Bonchev–Trinajstić information content (AvgIpc) is 2.37. The smallest absolute Gasteiger partial charge is 0.243 e. The van der Waals surface area contributed by atoms with Gasteiger partial charge in [0.05, 0.1) is 24.0 Å². The molecule has 0 bridgehead atoms. The molecule has 2 amide bonds. The molecule has 1 aromatic heterocycles. The van der Waals surface area contributed by atoms with Gasteiger partial charge in [-0.3, -0.25) is 14.6 Å². The van der Waals surface area contributed by atoms with E-state index < -0.39 is 6.04 Å². The standard InChI is InChI=1S/C13H20N4O2.2ClH/c1-8(2)12(14)13(19)16-7-11(18)17-10-5-4-6-15-9(10)3;;/h4-6,8,12H,7,14H2,1-3H3,(H,16,19)(H,17,18);2*1H/t12-;;/m0../s1. The van der Waals surface area contributed by atoms with Gasteiger partial charge in [0.25, 0.3) is 0 Å². The highest BCUT2D eigenvalue weighted by Crippen LogP contribution is 2.09. The van der Waals surface area contributed by atoms with Crippen LogP contribution in [0.4, 0.5) is 5.69 Å². The highest BCUT2D eigenvalue weighted by atomic mass is 35.5. The number of nitrogens with zero attached hydrogens (tertiary/aromatic N) is 1. The van der Waals surface area contributed by atoms with Gasteiger partial charge in [-0.15, -0.1) is 24.8 Å². The summed E-state index contributed by atoms with van der Waals surface area (Å²) in [5.41, 5.74) is 7.03. The maximum absolute atomic E-state index is 11.7. The Labute approximate surface area is 137 Å². The monoisotopic (exact) mass is 336 g/mol. The Morgan fingerprint density at radius 1 is 1.33 bits per heavy atom. The minimum absolute atomic E-state index is 0. The molecule has 0 fully saturated rings. The summed E-state index contributed by atoms with van der Waals surface area (Å²) in [7, 11) is 0. The molecule has 0 aliphatic rings. The maximum atomic E-state index is 11.7. The van der Waals surface area contributed by atoms with Crippen molar-refractivity contribution in [2.75, 3.05) is 11.9 Å². The van der Waals surface area contributed by atoms with Crippen LogP contribution in [0.2, 0.25) is 0 Å². The van der Waals surface area contributed by atoms with Crippen molar-refractivity contribution in [2.24, 2.45) is 11.7 Å². The number of amides is 2. The lowest BCUT2D eigenvalue weighted by Crippen LogP contribution is -2.46. The fourth-order valence-electron chi connectivity index (χ4n) is 1.40. The molecule has 0 saturated carbocycles. The predicted molar refractivity (Wildman–Crippen MR) is 87.9 cm³/mol. The summed E-state index contributed by atoms with van der Waals surface area (Å²) in [6.45, 7) is 5.39. The third-order valence-electron chi connectivity index (χ3n) is 2.73. The number of hydrogen-bond acceptors (Lipinski definition) is 4. The maximum Gasteiger partial charge on any atom is 0.243 e. The lowest BCUT2D eigenvalue weighted by Gasteiger charge is -2.15. The molecule has 6 nitrogen and oxygen atoms in total. The highest BCUT2D eigenvalue weighted by Gasteiger charge is 2.17. The molecule has 1 heterocycles. The fraction of sp³-hybridized carbons (Fsp3) is 0.462. The highest BCUT2D eigenvalue weighted by molar-refractivity contribution is 5.95. The van der Waals surface area contributed by atoms with Crippen LogP contribution in [0.15, 0.2) is 18.3 Å². The Morgan fingerprint density at radius 2 is 1.95 bits per heavy atom. The summed E-state index contributed by atoms with van der Waals surface area (Å²) in [5.74, 6) is -0.600. The van der Waals surface area contributed by atoms with E-state index in [0.29, 0.717) is 5.69 Å². The zero-order chi connectivity index (χ0) is 14.4. The van der Waals surface area contributed by atoms with Crippen LogP contribution in [-0.4, -0.2) is 29.4 Å². The first kappa shape index (κ1) is 21.9. The lowest BCUT2D eigenvalue weighted by atomic mass is 10.1. The minimum Gasteiger partial charge on any atom is -0.346 e. The fourth-order valence-corrected chi connectivity index (χ4v) is 1.40. The van der Waals surface area contributed by atoms with Crippen molar-refractivity contribution in [1.82, 2.24) is 10.3 Å². The number of carbonyl (C=O) groups is 2. The van der Waals surface area contributed by atoms with Gasteiger partial charge in [0.15, 0.2) is 0 Å². The Hall–Kier alpha value is -1.37. The molecule has 120 valence electrons. The molecule has 0 saturated heterocycles. The van der Waals surface area contributed by atoms with Gasteiger partial charge in [-0.2, -0.15) is 0 Å². The molecule has 1 aromatic rings. The topological polar surface area (TPSA) is 97.1 Å². The Bertz CT molecular complexity index is 469. The Morgan fingerprint density at radius 3 is 2.48 bits per heavy atom. The number of nitrogens with one attached hydrogen (secondary N) is 2. The van der Waals surface area contributed by atoms with Crippen molar-refractivity contribution >= 4 is 42.3 Å². The number of aromatic nitrogens is 1. The van der Waals surface area contributed by atoms with E-state index in [0.717, 1.165) is 5.69 Å². The van der Waals surface area contributed by atoms with Crippen molar-refractivity contribution in [2.45, 2.75) is 26.8 Å². The number of halogens is 2. The van der Waals surface area contributed by atoms with Crippen LogP contribution in [0.3, 0.4) is 0 Å². The molecule has 0 radical (unpaired) electrons. The van der Waals surface area contributed by atoms with Crippen LogP contribution in [0, 0.1) is 12.8 Å². The first-order valence-electron chi connectivity index (χ1n) is 6.16. The number of rotatable bonds is 5. The second-order valence-corrected chi connectivity index (χ2v) is 4.67. The molecular weight excluding hydrogens is 315 g/mol. The van der Waals surface area contributed by atoms with Crippen LogP contribution >= 0.6 is 24.8 Å². The Balaban J connectivity index is 0. The molecule has 21 heavy (non-hydrogen) atoms. The predicted octanol–water partition coefficient (Wildman–Crippen LogP) is 1.27. The average molecular weight is 337 g/mol. The largest absolute Gasteiger partial charge is 0.346 e. The van der Waals surface area contributed by atoms with Crippen molar-refractivity contribution in [3.05, 3.63) is 24.0 Å². The quantitative estimate of drug-likeness (QED) is 0.754. The number of carbonyl (C=O) groups excluding carboxylic acids is 2. The van der Waals surface area contributed by atoms with E-state index in [1.54, 1.807) is 25.3 Å². The second kappa shape index (κ2) is 10.4. The molecule has 0 unspecified atom stereocenters. The van der Waals surface area contributed by atoms with Crippen molar-refractivity contribution in [3.8, 4) is 0 Å². The van der Waals surface area contributed by atoms with E-state index in [-0.39, 0.29) is 49.1 Å². The van der Waals surface area contributed by atoms with Crippen LogP contribution in [0.25, 0.3) is 0 Å². The SMILES string of the molecule is Cc1ncccc1NC(=O)CNC(=O)[C@@H](N)C(C)C.Cl.Cl. The van der Waals surface area contributed by atoms with Gasteiger partial charge in [-0.05, 0) is 25.0 Å². The van der Waals surface area contributed by atoms with Crippen LogP contribution in [0.1, 0.15) is 19.5 Å². The number of hydrogen-bond donors (Lipinski definition) is 3. The molecular formula is C13H22Cl2N4O2. The van der Waals surface area contributed by atoms with Crippen LogP contribution < -0.4 is 16.4 Å². The number of aryl methyl sites for hydroxylation is 1. The van der Waals surface area contributed by atoms with E-state index in [2.05, 4.69) is 15.6 Å². The summed E-state index contributed by atoms with van der Waals surface area (Å²) < 4.78 is 0. The first-order chi connectivity index (χ1) is 8.91. The van der Waals surface area contributed by atoms with Gasteiger partial charge in [-0.25, -0.2) is 0 Å². The van der Waals surface area contributed by atoms with E-state index in [4.69, 9.17) is 5.73 Å². The van der Waals surface area contributed by atoms with Crippen molar-refractivity contribution in [3.63, 3.8) is 0 Å². The third kappa shape index (κ3) is 7.27. The van der Waals surface area contributed by atoms with Gasteiger partial charge < -0.3 is 16.4 Å². The molecule has 0 aliphatic heterocycles. The minimum atomic E-state index is -0.604. The number of pyridine rings is 1. The van der Waals surface area contributed by atoms with E-state index in [1.807, 2.05) is 13.8 Å².